The molecule has 3 nitrogen and oxygen atoms in total. The van der Waals surface area contributed by atoms with Crippen molar-refractivity contribution in [3.63, 3.8) is 0 Å². The molecule has 0 amide bonds. The van der Waals surface area contributed by atoms with Crippen LogP contribution in [-0.2, 0) is 5.75 Å². The van der Waals surface area contributed by atoms with E-state index >= 15 is 0 Å². The molecule has 1 N–H and O–H groups in total. The minimum Gasteiger partial charge on any atom is -0.310 e. The van der Waals surface area contributed by atoms with Crippen LogP contribution in [-0.4, -0.2) is 15.2 Å². The van der Waals surface area contributed by atoms with Gasteiger partial charge in [0.1, 0.15) is 5.82 Å². The summed E-state index contributed by atoms with van der Waals surface area (Å²) in [5.74, 6) is 1.49. The van der Waals surface area contributed by atoms with Gasteiger partial charge in [0.15, 0.2) is 0 Å². The van der Waals surface area contributed by atoms with Crippen LogP contribution in [0.4, 0.5) is 0 Å². The summed E-state index contributed by atoms with van der Waals surface area (Å²) < 4.78 is 0. The van der Waals surface area contributed by atoms with Crippen molar-refractivity contribution < 1.29 is 0 Å². The summed E-state index contributed by atoms with van der Waals surface area (Å²) in [5, 5.41) is 0.571. The number of nitrogens with zero attached hydrogens (tertiary/aromatic N) is 1. The number of nitrogens with one attached hydrogen (secondary N) is 1. The fraction of sp³-hybridized carbons (Fsp3) is 0.375. The smallest absolute Gasteiger partial charge is 0.254 e. The lowest BCUT2D eigenvalue weighted by Crippen LogP contribution is -2.16. The van der Waals surface area contributed by atoms with Gasteiger partial charge in [0, 0.05) is 16.4 Å². The Balaban J connectivity index is 2.33. The van der Waals surface area contributed by atoms with Gasteiger partial charge in [-0.25, -0.2) is 4.98 Å². The van der Waals surface area contributed by atoms with Gasteiger partial charge in [-0.3, -0.25) is 4.79 Å². The van der Waals surface area contributed by atoms with Crippen molar-refractivity contribution in [2.24, 2.45) is 0 Å². The van der Waals surface area contributed by atoms with Gasteiger partial charge in [-0.15, -0.1) is 0 Å². The van der Waals surface area contributed by atoms with Crippen molar-refractivity contribution in [3.8, 4) is 11.3 Å². The Labute approximate surface area is 123 Å². The summed E-state index contributed by atoms with van der Waals surface area (Å²) in [6.45, 7) is 6.17. The van der Waals surface area contributed by atoms with Crippen molar-refractivity contribution in [1.82, 2.24) is 9.97 Å². The number of benzene rings is 1. The monoisotopic (exact) mass is 288 g/mol. The molecule has 0 aliphatic carbocycles. The van der Waals surface area contributed by atoms with Crippen LogP contribution in [0.15, 0.2) is 35.1 Å². The molecule has 0 aliphatic rings. The lowest BCUT2D eigenvalue weighted by atomic mass is 10.1. The Kier molecular flexibility index (Phi) is 5.01. The fourth-order valence-corrected chi connectivity index (χ4v) is 2.68. The third kappa shape index (κ3) is 3.51. The van der Waals surface area contributed by atoms with Crippen LogP contribution in [0.5, 0.6) is 0 Å². The topological polar surface area (TPSA) is 45.8 Å². The maximum atomic E-state index is 12.0. The molecule has 0 aliphatic heterocycles. The van der Waals surface area contributed by atoms with Gasteiger partial charge < -0.3 is 4.98 Å². The van der Waals surface area contributed by atoms with Crippen LogP contribution in [0, 0.1) is 6.92 Å². The van der Waals surface area contributed by atoms with Gasteiger partial charge in [-0.2, -0.15) is 11.8 Å². The predicted octanol–water partition coefficient (Wildman–Crippen LogP) is 3.78. The number of thioether (sulfide) groups is 1. The highest BCUT2D eigenvalue weighted by Gasteiger charge is 2.10. The van der Waals surface area contributed by atoms with Crippen LogP contribution >= 0.6 is 11.8 Å². The van der Waals surface area contributed by atoms with E-state index in [0.29, 0.717) is 10.8 Å². The standard InChI is InChI=1S/C16H20N2OS/c1-4-11(2)20-10-14-17-15(12(3)16(19)18-14)13-8-6-5-7-9-13/h5-9,11H,4,10H2,1-3H3,(H,17,18,19). The van der Waals surface area contributed by atoms with Crippen molar-refractivity contribution in [1.29, 1.82) is 0 Å². The van der Waals surface area contributed by atoms with Crippen LogP contribution in [0.2, 0.25) is 0 Å². The Bertz CT molecular complexity index is 622. The number of rotatable bonds is 5. The zero-order valence-electron chi connectivity index (χ0n) is 12.1. The third-order valence-electron chi connectivity index (χ3n) is 3.33. The molecule has 106 valence electrons. The van der Waals surface area contributed by atoms with Gasteiger partial charge in [-0.1, -0.05) is 44.2 Å². The Morgan fingerprint density at radius 1 is 1.30 bits per heavy atom. The largest absolute Gasteiger partial charge is 0.310 e. The van der Waals surface area contributed by atoms with E-state index in [4.69, 9.17) is 0 Å². The molecule has 1 unspecified atom stereocenters. The molecular weight excluding hydrogens is 268 g/mol. The Hall–Kier alpha value is -1.55. The van der Waals surface area contributed by atoms with Gasteiger partial charge >= 0.3 is 0 Å². The highest BCUT2D eigenvalue weighted by Crippen LogP contribution is 2.21. The first kappa shape index (κ1) is 14.9. The first-order valence-corrected chi connectivity index (χ1v) is 7.93. The third-order valence-corrected chi connectivity index (χ3v) is 4.67. The van der Waals surface area contributed by atoms with Crippen molar-refractivity contribution in [2.45, 2.75) is 38.2 Å². The van der Waals surface area contributed by atoms with E-state index in [1.54, 1.807) is 0 Å². The highest BCUT2D eigenvalue weighted by molar-refractivity contribution is 7.99. The molecule has 1 aromatic heterocycles. The zero-order valence-corrected chi connectivity index (χ0v) is 13.0. The molecule has 20 heavy (non-hydrogen) atoms. The average Bonchev–Trinajstić information content (AvgIpc) is 2.48. The summed E-state index contributed by atoms with van der Waals surface area (Å²) in [6.07, 6.45) is 1.12. The van der Waals surface area contributed by atoms with Gasteiger partial charge in [0.05, 0.1) is 11.4 Å². The summed E-state index contributed by atoms with van der Waals surface area (Å²) in [6, 6.07) is 9.86. The van der Waals surface area contributed by atoms with Crippen LogP contribution in [0.1, 0.15) is 31.7 Å². The number of hydrogen-bond donors (Lipinski definition) is 1. The normalized spacial score (nSPS) is 12.3. The number of hydrogen-bond acceptors (Lipinski definition) is 3. The average molecular weight is 288 g/mol. The van der Waals surface area contributed by atoms with Gasteiger partial charge in [0.2, 0.25) is 0 Å². The zero-order chi connectivity index (χ0) is 14.5. The quantitative estimate of drug-likeness (QED) is 0.910. The van der Waals surface area contributed by atoms with E-state index in [9.17, 15) is 4.79 Å². The van der Waals surface area contributed by atoms with Crippen LogP contribution in [0.25, 0.3) is 11.3 Å². The Morgan fingerprint density at radius 2 is 2.00 bits per heavy atom. The maximum absolute atomic E-state index is 12.0. The van der Waals surface area contributed by atoms with E-state index in [1.807, 2.05) is 49.0 Å². The van der Waals surface area contributed by atoms with E-state index in [1.165, 1.54) is 0 Å². The molecule has 0 radical (unpaired) electrons. The van der Waals surface area contributed by atoms with Crippen LogP contribution in [0.3, 0.4) is 0 Å². The van der Waals surface area contributed by atoms with E-state index in [-0.39, 0.29) is 5.56 Å². The second-order valence-corrected chi connectivity index (χ2v) is 6.31. The SMILES string of the molecule is CCC(C)SCc1nc(-c2ccccc2)c(C)c(=O)[nH]1. The minimum absolute atomic E-state index is 0.0430. The molecule has 1 aromatic carbocycles. The first-order valence-electron chi connectivity index (χ1n) is 6.88. The Morgan fingerprint density at radius 3 is 2.65 bits per heavy atom. The summed E-state index contributed by atoms with van der Waals surface area (Å²) in [5.41, 5.74) is 2.41. The van der Waals surface area contributed by atoms with E-state index < -0.39 is 0 Å². The molecule has 0 bridgehead atoms. The molecule has 0 saturated heterocycles. The fourth-order valence-electron chi connectivity index (χ4n) is 1.86. The summed E-state index contributed by atoms with van der Waals surface area (Å²) in [7, 11) is 0. The van der Waals surface area contributed by atoms with E-state index in [0.717, 1.165) is 29.3 Å². The van der Waals surface area contributed by atoms with Gasteiger partial charge in [0.25, 0.3) is 5.56 Å². The van der Waals surface area contributed by atoms with Crippen molar-refractivity contribution in [3.05, 3.63) is 52.1 Å². The number of aromatic nitrogens is 2. The minimum atomic E-state index is -0.0430. The molecule has 2 rings (SSSR count). The lowest BCUT2D eigenvalue weighted by molar-refractivity contribution is 0.899. The molecule has 2 aromatic rings. The maximum Gasteiger partial charge on any atom is 0.254 e. The number of H-pyrrole nitrogens is 1. The highest BCUT2D eigenvalue weighted by atomic mass is 32.2. The molecule has 1 heterocycles. The molecule has 0 fully saturated rings. The molecule has 0 spiro atoms. The molecule has 1 atom stereocenters. The summed E-state index contributed by atoms with van der Waals surface area (Å²) >= 11 is 1.82. The van der Waals surface area contributed by atoms with Crippen molar-refractivity contribution >= 4 is 11.8 Å². The molecule has 0 saturated carbocycles. The lowest BCUT2D eigenvalue weighted by Gasteiger charge is -2.10. The first-order chi connectivity index (χ1) is 9.61. The van der Waals surface area contributed by atoms with E-state index in [2.05, 4.69) is 23.8 Å². The second kappa shape index (κ2) is 6.75. The van der Waals surface area contributed by atoms with Crippen molar-refractivity contribution in [2.75, 3.05) is 0 Å². The predicted molar refractivity (Wildman–Crippen MR) is 86.1 cm³/mol. The van der Waals surface area contributed by atoms with Crippen LogP contribution < -0.4 is 5.56 Å². The number of aromatic amines is 1. The molecule has 4 heteroatoms. The summed E-state index contributed by atoms with van der Waals surface area (Å²) in [4.78, 5) is 19.6. The van der Waals surface area contributed by atoms with Gasteiger partial charge in [-0.05, 0) is 13.3 Å². The molecular formula is C16H20N2OS. The second-order valence-electron chi connectivity index (χ2n) is 4.88.